The van der Waals surface area contributed by atoms with Gasteiger partial charge in [-0.3, -0.25) is 4.90 Å². The van der Waals surface area contributed by atoms with Gasteiger partial charge in [-0.15, -0.1) is 13.0 Å². The topological polar surface area (TPSA) is 15.3 Å². The molecule has 80 valence electrons. The fourth-order valence-electron chi connectivity index (χ4n) is 1.23. The van der Waals surface area contributed by atoms with E-state index in [9.17, 15) is 0 Å². The summed E-state index contributed by atoms with van der Waals surface area (Å²) in [5.74, 6) is 2.56. The Labute approximate surface area is 88.4 Å². The van der Waals surface area contributed by atoms with Crippen LogP contribution in [0.2, 0.25) is 0 Å². The second-order valence-corrected chi connectivity index (χ2v) is 4.29. The first kappa shape index (κ1) is 13.2. The fourth-order valence-corrected chi connectivity index (χ4v) is 1.23. The highest BCUT2D eigenvalue weighted by molar-refractivity contribution is 4.87. The second-order valence-electron chi connectivity index (χ2n) is 4.29. The minimum atomic E-state index is 0.187. The van der Waals surface area contributed by atoms with Gasteiger partial charge in [0.05, 0.1) is 6.54 Å². The molecule has 0 aliphatic heterocycles. The van der Waals surface area contributed by atoms with E-state index in [1.165, 1.54) is 0 Å². The zero-order valence-electron chi connectivity index (χ0n) is 9.64. The van der Waals surface area contributed by atoms with E-state index in [4.69, 9.17) is 6.42 Å². The van der Waals surface area contributed by atoms with E-state index < -0.39 is 0 Å². The maximum Gasteiger partial charge on any atom is 0.0574 e. The number of hydrogen-bond donors (Lipinski definition) is 1. The lowest BCUT2D eigenvalue weighted by Gasteiger charge is -2.34. The average molecular weight is 194 g/mol. The average Bonchev–Trinajstić information content (AvgIpc) is 2.08. The Balaban J connectivity index is 3.87. The molecular weight excluding hydrogens is 172 g/mol. The molecule has 2 heteroatoms. The minimum absolute atomic E-state index is 0.187. The largest absolute Gasteiger partial charge is 0.305 e. The molecule has 0 aromatic rings. The second kappa shape index (κ2) is 6.64. The van der Waals surface area contributed by atoms with Crippen LogP contribution in [-0.4, -0.2) is 36.6 Å². The number of terminal acetylenes is 1. The lowest BCUT2D eigenvalue weighted by molar-refractivity contribution is 0.155. The van der Waals surface area contributed by atoms with Crippen LogP contribution in [0, 0.1) is 12.3 Å². The molecular formula is C12H22N2. The quantitative estimate of drug-likeness (QED) is 0.391. The van der Waals surface area contributed by atoms with Crippen molar-refractivity contribution in [2.45, 2.75) is 26.3 Å². The van der Waals surface area contributed by atoms with Crippen LogP contribution < -0.4 is 5.32 Å². The molecule has 1 N–H and O–H groups in total. The summed E-state index contributed by atoms with van der Waals surface area (Å²) in [6.07, 6.45) is 7.08. The van der Waals surface area contributed by atoms with Crippen molar-refractivity contribution in [1.82, 2.24) is 10.2 Å². The molecule has 2 nitrogen and oxygen atoms in total. The smallest absolute Gasteiger partial charge is 0.0574 e. The number of nitrogens with zero attached hydrogens (tertiary/aromatic N) is 1. The maximum absolute atomic E-state index is 5.15. The minimum Gasteiger partial charge on any atom is -0.305 e. The lowest BCUT2D eigenvalue weighted by atomic mass is 10.1. The summed E-state index contributed by atoms with van der Waals surface area (Å²) in [7, 11) is 0. The summed E-state index contributed by atoms with van der Waals surface area (Å²) in [4.78, 5) is 2.36. The molecule has 14 heavy (non-hydrogen) atoms. The Hall–Kier alpha value is -0.780. The highest BCUT2D eigenvalue weighted by Gasteiger charge is 2.18. The summed E-state index contributed by atoms with van der Waals surface area (Å²) in [6, 6.07) is 0. The van der Waals surface area contributed by atoms with Crippen LogP contribution >= 0.6 is 0 Å². The first-order valence-electron chi connectivity index (χ1n) is 5.02. The number of hydrogen-bond acceptors (Lipinski definition) is 2. The molecule has 0 rings (SSSR count). The molecule has 0 bridgehead atoms. The van der Waals surface area contributed by atoms with Crippen LogP contribution in [0.5, 0.6) is 0 Å². The van der Waals surface area contributed by atoms with E-state index in [0.29, 0.717) is 6.54 Å². The molecule has 0 spiro atoms. The SMILES string of the molecule is C#CCNCCN(CC=C)C(C)(C)C. The molecule has 0 amide bonds. The molecule has 0 fully saturated rings. The summed E-state index contributed by atoms with van der Waals surface area (Å²) in [6.45, 7) is 13.9. The normalized spacial score (nSPS) is 11.4. The van der Waals surface area contributed by atoms with Crippen LogP contribution in [0.25, 0.3) is 0 Å². The van der Waals surface area contributed by atoms with Gasteiger partial charge in [-0.2, -0.15) is 0 Å². The van der Waals surface area contributed by atoms with E-state index in [1.54, 1.807) is 0 Å². The van der Waals surface area contributed by atoms with Crippen molar-refractivity contribution in [3.63, 3.8) is 0 Å². The predicted molar refractivity (Wildman–Crippen MR) is 63.2 cm³/mol. The molecule has 0 aliphatic carbocycles. The number of rotatable bonds is 6. The van der Waals surface area contributed by atoms with Crippen LogP contribution in [0.15, 0.2) is 12.7 Å². The standard InChI is InChI=1S/C12H22N2/c1-6-8-13-9-11-14(10-7-2)12(3,4)5/h1,7,13H,2,8-11H2,3-5H3. The monoisotopic (exact) mass is 194 g/mol. The van der Waals surface area contributed by atoms with Gasteiger partial charge in [0.15, 0.2) is 0 Å². The van der Waals surface area contributed by atoms with Gasteiger partial charge in [-0.1, -0.05) is 12.0 Å². The zero-order valence-corrected chi connectivity index (χ0v) is 9.64. The molecule has 0 heterocycles. The molecule has 0 atom stereocenters. The van der Waals surface area contributed by atoms with Crippen molar-refractivity contribution in [2.24, 2.45) is 0 Å². The van der Waals surface area contributed by atoms with Crippen LogP contribution in [-0.2, 0) is 0 Å². The molecule has 0 saturated heterocycles. The first-order valence-corrected chi connectivity index (χ1v) is 5.02. The van der Waals surface area contributed by atoms with Gasteiger partial charge in [-0.25, -0.2) is 0 Å². The summed E-state index contributed by atoms with van der Waals surface area (Å²) < 4.78 is 0. The van der Waals surface area contributed by atoms with Gasteiger partial charge in [0.1, 0.15) is 0 Å². The third kappa shape index (κ3) is 5.80. The highest BCUT2D eigenvalue weighted by Crippen LogP contribution is 2.11. The Kier molecular flexibility index (Phi) is 6.27. The Bertz CT molecular complexity index is 195. The van der Waals surface area contributed by atoms with Gasteiger partial charge in [0.25, 0.3) is 0 Å². The number of nitrogens with one attached hydrogen (secondary N) is 1. The van der Waals surface area contributed by atoms with Crippen molar-refractivity contribution >= 4 is 0 Å². The van der Waals surface area contributed by atoms with E-state index in [0.717, 1.165) is 19.6 Å². The van der Waals surface area contributed by atoms with Crippen molar-refractivity contribution in [1.29, 1.82) is 0 Å². The summed E-state index contributed by atoms with van der Waals surface area (Å²) in [5, 5.41) is 3.18. The van der Waals surface area contributed by atoms with Crippen LogP contribution in [0.1, 0.15) is 20.8 Å². The first-order chi connectivity index (χ1) is 6.52. The molecule has 0 saturated carbocycles. The van der Waals surface area contributed by atoms with E-state index in [-0.39, 0.29) is 5.54 Å². The third-order valence-corrected chi connectivity index (χ3v) is 2.08. The van der Waals surface area contributed by atoms with E-state index >= 15 is 0 Å². The van der Waals surface area contributed by atoms with Crippen LogP contribution in [0.4, 0.5) is 0 Å². The Morgan fingerprint density at radius 2 is 2.14 bits per heavy atom. The molecule has 0 aliphatic rings. The van der Waals surface area contributed by atoms with Crippen molar-refractivity contribution < 1.29 is 0 Å². The lowest BCUT2D eigenvalue weighted by Crippen LogP contribution is -2.44. The van der Waals surface area contributed by atoms with Crippen molar-refractivity contribution in [3.05, 3.63) is 12.7 Å². The predicted octanol–water partition coefficient (Wildman–Crippen LogP) is 1.50. The van der Waals surface area contributed by atoms with Crippen LogP contribution in [0.3, 0.4) is 0 Å². The maximum atomic E-state index is 5.15. The molecule has 0 radical (unpaired) electrons. The van der Waals surface area contributed by atoms with Gasteiger partial charge in [0.2, 0.25) is 0 Å². The Morgan fingerprint density at radius 3 is 2.57 bits per heavy atom. The fraction of sp³-hybridized carbons (Fsp3) is 0.667. The zero-order chi connectivity index (χ0) is 11.0. The Morgan fingerprint density at radius 1 is 1.50 bits per heavy atom. The van der Waals surface area contributed by atoms with E-state index in [1.807, 2.05) is 6.08 Å². The van der Waals surface area contributed by atoms with Gasteiger partial charge in [0, 0.05) is 25.2 Å². The van der Waals surface area contributed by atoms with Gasteiger partial charge < -0.3 is 5.32 Å². The van der Waals surface area contributed by atoms with E-state index in [2.05, 4.69) is 43.5 Å². The summed E-state index contributed by atoms with van der Waals surface area (Å²) in [5.41, 5.74) is 0.187. The third-order valence-electron chi connectivity index (χ3n) is 2.08. The van der Waals surface area contributed by atoms with Crippen molar-refractivity contribution in [3.8, 4) is 12.3 Å². The molecule has 0 aromatic carbocycles. The molecule has 0 aromatic heterocycles. The highest BCUT2D eigenvalue weighted by atomic mass is 15.2. The van der Waals surface area contributed by atoms with Gasteiger partial charge >= 0.3 is 0 Å². The molecule has 0 unspecified atom stereocenters. The van der Waals surface area contributed by atoms with Gasteiger partial charge in [-0.05, 0) is 20.8 Å². The van der Waals surface area contributed by atoms with Crippen molar-refractivity contribution in [2.75, 3.05) is 26.2 Å². The summed E-state index contributed by atoms with van der Waals surface area (Å²) >= 11 is 0.